The van der Waals surface area contributed by atoms with Crippen LogP contribution in [0.1, 0.15) is 69.9 Å². The van der Waals surface area contributed by atoms with Crippen LogP contribution in [0.15, 0.2) is 83.4 Å². The Morgan fingerprint density at radius 3 is 2.29 bits per heavy atom. The molecule has 9 nitrogen and oxygen atoms in total. The third-order valence-corrected chi connectivity index (χ3v) is 7.76. The zero-order chi connectivity index (χ0) is 28.5. The van der Waals surface area contributed by atoms with Crippen molar-refractivity contribution in [1.82, 2.24) is 10.3 Å². The summed E-state index contributed by atoms with van der Waals surface area (Å²) in [4.78, 5) is 29.8. The molecule has 1 aliphatic heterocycles. The lowest BCUT2D eigenvalue weighted by molar-refractivity contribution is 0.0696. The van der Waals surface area contributed by atoms with Crippen LogP contribution in [0, 0.1) is 0 Å². The molecule has 3 heterocycles. The Morgan fingerprint density at radius 2 is 1.66 bits per heavy atom. The highest BCUT2D eigenvalue weighted by Crippen LogP contribution is 2.43. The van der Waals surface area contributed by atoms with Crippen LogP contribution < -0.4 is 15.0 Å². The van der Waals surface area contributed by atoms with E-state index < -0.39 is 18.0 Å². The van der Waals surface area contributed by atoms with Crippen molar-refractivity contribution >= 4 is 35.0 Å². The zero-order valence-electron chi connectivity index (χ0n) is 21.9. The first-order chi connectivity index (χ1) is 19.9. The maximum absolute atomic E-state index is 11.7. The van der Waals surface area contributed by atoms with Crippen LogP contribution >= 0.6 is 12.2 Å². The third kappa shape index (κ3) is 5.38. The number of carboxylic acids is 2. The van der Waals surface area contributed by atoms with Gasteiger partial charge in [0.1, 0.15) is 23.3 Å². The summed E-state index contributed by atoms with van der Waals surface area (Å²) >= 11 is 5.80. The average Bonchev–Trinajstić information content (AvgIpc) is 3.74. The predicted octanol–water partition coefficient (Wildman–Crippen LogP) is 6.24. The highest BCUT2D eigenvalue weighted by molar-refractivity contribution is 7.80. The van der Waals surface area contributed by atoms with E-state index in [1.807, 2.05) is 47.4 Å². The van der Waals surface area contributed by atoms with Crippen LogP contribution in [0.25, 0.3) is 11.3 Å². The number of hydrogen-bond donors (Lipinski definition) is 3. The van der Waals surface area contributed by atoms with Crippen LogP contribution in [0.2, 0.25) is 0 Å². The van der Waals surface area contributed by atoms with E-state index in [9.17, 15) is 19.8 Å². The molecule has 2 aromatic heterocycles. The Hall–Kier alpha value is -4.70. The van der Waals surface area contributed by atoms with Crippen LogP contribution in [-0.4, -0.2) is 38.4 Å². The van der Waals surface area contributed by atoms with Gasteiger partial charge in [0, 0.05) is 17.4 Å². The summed E-state index contributed by atoms with van der Waals surface area (Å²) in [5.74, 6) is -0.763. The van der Waals surface area contributed by atoms with Crippen molar-refractivity contribution in [3.63, 3.8) is 0 Å². The van der Waals surface area contributed by atoms with Gasteiger partial charge in [0.15, 0.2) is 5.11 Å². The third-order valence-electron chi connectivity index (χ3n) is 7.45. The second-order valence-corrected chi connectivity index (χ2v) is 10.5. The molecule has 41 heavy (non-hydrogen) atoms. The van der Waals surface area contributed by atoms with Gasteiger partial charge in [0.25, 0.3) is 0 Å². The summed E-state index contributed by atoms with van der Waals surface area (Å²) in [5, 5.41) is 22.9. The van der Waals surface area contributed by atoms with E-state index in [-0.39, 0.29) is 23.3 Å². The number of aromatic nitrogens is 1. The van der Waals surface area contributed by atoms with Gasteiger partial charge in [-0.1, -0.05) is 6.07 Å². The number of rotatable bonds is 8. The van der Waals surface area contributed by atoms with Gasteiger partial charge in [-0.25, -0.2) is 9.59 Å². The summed E-state index contributed by atoms with van der Waals surface area (Å²) in [6, 6.07) is 20.1. The summed E-state index contributed by atoms with van der Waals surface area (Å²) < 4.78 is 12.5. The molecule has 2 atom stereocenters. The van der Waals surface area contributed by atoms with E-state index in [2.05, 4.69) is 10.3 Å². The molecule has 2 aromatic carbocycles. The first kappa shape index (κ1) is 26.5. The highest BCUT2D eigenvalue weighted by atomic mass is 32.1. The molecule has 1 saturated carbocycles. The first-order valence-electron chi connectivity index (χ1n) is 13.4. The smallest absolute Gasteiger partial charge is 0.335 e. The van der Waals surface area contributed by atoms with Gasteiger partial charge in [0.05, 0.1) is 29.0 Å². The van der Waals surface area contributed by atoms with Crippen molar-refractivity contribution in [2.75, 3.05) is 4.90 Å². The Morgan fingerprint density at radius 1 is 0.951 bits per heavy atom. The van der Waals surface area contributed by atoms with Gasteiger partial charge in [-0.2, -0.15) is 0 Å². The number of nitrogens with zero attached hydrogens (tertiary/aromatic N) is 2. The Labute approximate surface area is 241 Å². The number of pyridine rings is 1. The molecule has 2 fully saturated rings. The van der Waals surface area contributed by atoms with Crippen molar-refractivity contribution in [3.8, 4) is 17.1 Å². The van der Waals surface area contributed by atoms with Gasteiger partial charge in [-0.05, 0) is 105 Å². The van der Waals surface area contributed by atoms with Crippen LogP contribution in [0.5, 0.6) is 5.75 Å². The van der Waals surface area contributed by atoms with E-state index in [0.717, 1.165) is 36.0 Å². The highest BCUT2D eigenvalue weighted by Gasteiger charge is 2.42. The van der Waals surface area contributed by atoms with Crippen molar-refractivity contribution in [2.45, 2.75) is 43.9 Å². The fraction of sp³-hybridized carbons (Fsp3) is 0.226. The number of nitrogens with one attached hydrogen (secondary N) is 1. The average molecular weight is 570 g/mol. The molecule has 2 aliphatic rings. The Kier molecular flexibility index (Phi) is 7.15. The minimum Gasteiger partial charge on any atom is -0.490 e. The minimum absolute atomic E-state index is 0.144. The molecule has 0 amide bonds. The number of carboxylic acid groups (broad SMARTS) is 2. The van der Waals surface area contributed by atoms with Gasteiger partial charge in [0.2, 0.25) is 0 Å². The molecular formula is C31H27N3O6S. The standard InChI is InChI=1S/C31H27N3O6S/c35-29(36)19-15-18(16-20(17-19)30(37)38)25-12-13-26(40-25)28-27(24-7-3-4-14-32-24)33-31(41)34(28)21-8-10-23(11-9-21)39-22-5-1-2-6-22/h3-4,7-17,22,27-28H,1-2,5-6H2,(H,33,41)(H,35,36)(H,37,38)/t27-,28-/m1/s1. The molecule has 0 unspecified atom stereocenters. The lowest BCUT2D eigenvalue weighted by atomic mass is 10.0. The zero-order valence-corrected chi connectivity index (χ0v) is 22.7. The monoisotopic (exact) mass is 569 g/mol. The molecule has 1 aliphatic carbocycles. The van der Waals surface area contributed by atoms with Gasteiger partial charge >= 0.3 is 11.9 Å². The first-order valence-corrected chi connectivity index (χ1v) is 13.8. The van der Waals surface area contributed by atoms with E-state index in [1.54, 1.807) is 18.3 Å². The quantitative estimate of drug-likeness (QED) is 0.210. The van der Waals surface area contributed by atoms with Gasteiger partial charge in [-0.15, -0.1) is 0 Å². The van der Waals surface area contributed by atoms with Crippen molar-refractivity contribution in [1.29, 1.82) is 0 Å². The van der Waals surface area contributed by atoms with Crippen molar-refractivity contribution < 1.29 is 29.0 Å². The molecule has 0 bridgehead atoms. The molecule has 3 N–H and O–H groups in total. The maximum atomic E-state index is 11.7. The topological polar surface area (TPSA) is 125 Å². The van der Waals surface area contributed by atoms with E-state index in [0.29, 0.717) is 22.2 Å². The number of ether oxygens (including phenoxy) is 1. The Bertz CT molecular complexity index is 1570. The SMILES string of the molecule is O=C(O)c1cc(C(=O)O)cc(-c2ccc([C@@H]3[C@@H](c4ccccn4)NC(=S)N3c3ccc(OC4CCCC4)cc3)o2)c1. The second-order valence-electron chi connectivity index (χ2n) is 10.1. The molecule has 0 spiro atoms. The molecule has 208 valence electrons. The number of aromatic carboxylic acids is 2. The van der Waals surface area contributed by atoms with E-state index in [1.165, 1.54) is 25.0 Å². The molecule has 0 radical (unpaired) electrons. The van der Waals surface area contributed by atoms with Gasteiger partial charge in [-0.3, -0.25) is 4.98 Å². The summed E-state index contributed by atoms with van der Waals surface area (Å²) in [5.41, 5.74) is 1.66. The number of hydrogen-bond acceptors (Lipinski definition) is 6. The van der Waals surface area contributed by atoms with Crippen molar-refractivity contribution in [3.05, 3.63) is 102 Å². The molecule has 1 saturated heterocycles. The molecule has 6 rings (SSSR count). The number of anilines is 1. The molecule has 4 aromatic rings. The Balaban J connectivity index is 1.37. The van der Waals surface area contributed by atoms with Crippen LogP contribution in [-0.2, 0) is 0 Å². The van der Waals surface area contributed by atoms with Crippen LogP contribution in [0.3, 0.4) is 0 Å². The fourth-order valence-electron chi connectivity index (χ4n) is 5.49. The lowest BCUT2D eigenvalue weighted by Gasteiger charge is -2.26. The lowest BCUT2D eigenvalue weighted by Crippen LogP contribution is -2.29. The van der Waals surface area contributed by atoms with Crippen molar-refractivity contribution in [2.24, 2.45) is 0 Å². The summed E-state index contributed by atoms with van der Waals surface area (Å²) in [7, 11) is 0. The summed E-state index contributed by atoms with van der Waals surface area (Å²) in [6.45, 7) is 0. The van der Waals surface area contributed by atoms with E-state index >= 15 is 0 Å². The van der Waals surface area contributed by atoms with Crippen LogP contribution in [0.4, 0.5) is 5.69 Å². The minimum atomic E-state index is -1.23. The largest absolute Gasteiger partial charge is 0.490 e. The van der Waals surface area contributed by atoms with Gasteiger partial charge < -0.3 is 29.6 Å². The molecule has 10 heteroatoms. The number of thiocarbonyl (C=S) groups is 1. The summed E-state index contributed by atoms with van der Waals surface area (Å²) in [6.07, 6.45) is 6.49. The fourth-order valence-corrected chi connectivity index (χ4v) is 5.84. The maximum Gasteiger partial charge on any atom is 0.335 e. The number of furan rings is 1. The molecular weight excluding hydrogens is 542 g/mol. The normalized spacial score (nSPS) is 18.8. The second kappa shape index (κ2) is 11.1. The van der Waals surface area contributed by atoms with E-state index in [4.69, 9.17) is 21.4 Å². The number of carbonyl (C=O) groups is 2. The predicted molar refractivity (Wildman–Crippen MR) is 155 cm³/mol. The number of benzene rings is 2.